The van der Waals surface area contributed by atoms with Crippen molar-refractivity contribution in [3.8, 4) is 0 Å². The molecule has 23 heavy (non-hydrogen) atoms. The second-order valence-corrected chi connectivity index (χ2v) is 6.70. The first-order valence-corrected chi connectivity index (χ1v) is 8.53. The lowest BCUT2D eigenvalue weighted by molar-refractivity contribution is 0.0943. The summed E-state index contributed by atoms with van der Waals surface area (Å²) in [4.78, 5) is 14.8. The SMILES string of the molecule is CN(C)C(CNC(=O)c1cn(C)c2ccccc12)c1ccsc1. The minimum absolute atomic E-state index is 0.0242. The van der Waals surface area contributed by atoms with E-state index in [1.54, 1.807) is 11.3 Å². The molecule has 0 saturated carbocycles. The van der Waals surface area contributed by atoms with E-state index in [0.717, 1.165) is 16.5 Å². The summed E-state index contributed by atoms with van der Waals surface area (Å²) in [6.07, 6.45) is 1.90. The Kier molecular flexibility index (Phi) is 4.50. The summed E-state index contributed by atoms with van der Waals surface area (Å²) >= 11 is 1.68. The Bertz CT molecular complexity index is 805. The number of nitrogens with zero attached hydrogens (tertiary/aromatic N) is 2. The number of nitrogens with one attached hydrogen (secondary N) is 1. The molecule has 1 aromatic carbocycles. The van der Waals surface area contributed by atoms with Crippen molar-refractivity contribution in [2.45, 2.75) is 6.04 Å². The number of thiophene rings is 1. The zero-order valence-corrected chi connectivity index (χ0v) is 14.4. The van der Waals surface area contributed by atoms with Crippen LogP contribution >= 0.6 is 11.3 Å². The molecule has 3 rings (SSSR count). The van der Waals surface area contributed by atoms with Crippen LogP contribution in [0.2, 0.25) is 0 Å². The molecule has 0 aliphatic carbocycles. The predicted octanol–water partition coefficient (Wildman–Crippen LogP) is 3.27. The Hall–Kier alpha value is -2.11. The summed E-state index contributed by atoms with van der Waals surface area (Å²) < 4.78 is 1.99. The normalized spacial score (nSPS) is 12.7. The third-order valence-electron chi connectivity index (χ3n) is 4.15. The van der Waals surface area contributed by atoms with Gasteiger partial charge in [0.1, 0.15) is 0 Å². The van der Waals surface area contributed by atoms with E-state index in [9.17, 15) is 4.79 Å². The van der Waals surface area contributed by atoms with Crippen LogP contribution in [0, 0.1) is 0 Å². The Balaban J connectivity index is 1.78. The van der Waals surface area contributed by atoms with Gasteiger partial charge in [-0.2, -0.15) is 11.3 Å². The zero-order valence-electron chi connectivity index (χ0n) is 13.6. The molecule has 1 unspecified atom stereocenters. The summed E-state index contributed by atoms with van der Waals surface area (Å²) in [5.74, 6) is -0.0242. The number of hydrogen-bond acceptors (Lipinski definition) is 3. The molecule has 4 nitrogen and oxygen atoms in total. The molecule has 0 bridgehead atoms. The van der Waals surface area contributed by atoms with Gasteiger partial charge in [0, 0.05) is 30.7 Å². The summed E-state index contributed by atoms with van der Waals surface area (Å²) in [6.45, 7) is 0.589. The van der Waals surface area contributed by atoms with Gasteiger partial charge in [0.15, 0.2) is 0 Å². The second kappa shape index (κ2) is 6.56. The molecule has 0 aliphatic rings. The molecule has 2 heterocycles. The highest BCUT2D eigenvalue weighted by Crippen LogP contribution is 2.22. The molecule has 0 saturated heterocycles. The van der Waals surface area contributed by atoms with Crippen LogP contribution in [0.3, 0.4) is 0 Å². The third-order valence-corrected chi connectivity index (χ3v) is 4.85. The van der Waals surface area contributed by atoms with Crippen molar-refractivity contribution >= 4 is 28.1 Å². The minimum Gasteiger partial charge on any atom is -0.350 e. The van der Waals surface area contributed by atoms with Gasteiger partial charge < -0.3 is 14.8 Å². The largest absolute Gasteiger partial charge is 0.350 e. The van der Waals surface area contributed by atoms with Gasteiger partial charge in [-0.1, -0.05) is 18.2 Å². The number of carbonyl (C=O) groups excluding carboxylic acids is 1. The maximum Gasteiger partial charge on any atom is 0.253 e. The van der Waals surface area contributed by atoms with Gasteiger partial charge in [0.05, 0.1) is 11.6 Å². The summed E-state index contributed by atoms with van der Waals surface area (Å²) in [6, 6.07) is 10.3. The number of amides is 1. The summed E-state index contributed by atoms with van der Waals surface area (Å²) in [7, 11) is 6.03. The number of aryl methyl sites for hydroxylation is 1. The molecule has 1 atom stereocenters. The molecule has 0 fully saturated rings. The molecule has 120 valence electrons. The number of benzene rings is 1. The van der Waals surface area contributed by atoms with Crippen LogP contribution < -0.4 is 5.32 Å². The minimum atomic E-state index is -0.0242. The van der Waals surface area contributed by atoms with E-state index in [2.05, 4.69) is 27.0 Å². The number of rotatable bonds is 5. The monoisotopic (exact) mass is 327 g/mol. The van der Waals surface area contributed by atoms with Crippen molar-refractivity contribution < 1.29 is 4.79 Å². The van der Waals surface area contributed by atoms with Crippen molar-refractivity contribution in [2.24, 2.45) is 7.05 Å². The van der Waals surface area contributed by atoms with Crippen molar-refractivity contribution in [1.29, 1.82) is 0 Å². The van der Waals surface area contributed by atoms with Crippen LogP contribution in [0.15, 0.2) is 47.3 Å². The lowest BCUT2D eigenvalue weighted by atomic mass is 10.1. The Morgan fingerprint density at radius 1 is 1.30 bits per heavy atom. The molecule has 1 N–H and O–H groups in total. The van der Waals surface area contributed by atoms with E-state index in [0.29, 0.717) is 6.54 Å². The highest BCUT2D eigenvalue weighted by molar-refractivity contribution is 7.07. The molecule has 3 aromatic rings. The van der Waals surface area contributed by atoms with Gasteiger partial charge in [-0.15, -0.1) is 0 Å². The van der Waals surface area contributed by atoms with Gasteiger partial charge in [0.2, 0.25) is 0 Å². The van der Waals surface area contributed by atoms with Crippen LogP contribution in [0.4, 0.5) is 0 Å². The maximum atomic E-state index is 12.6. The second-order valence-electron chi connectivity index (χ2n) is 5.92. The van der Waals surface area contributed by atoms with Gasteiger partial charge in [-0.05, 0) is 42.6 Å². The van der Waals surface area contributed by atoms with Gasteiger partial charge in [-0.3, -0.25) is 4.79 Å². The average molecular weight is 327 g/mol. The topological polar surface area (TPSA) is 37.3 Å². The number of hydrogen-bond donors (Lipinski definition) is 1. The van der Waals surface area contributed by atoms with Gasteiger partial charge in [0.25, 0.3) is 5.91 Å². The first-order chi connectivity index (χ1) is 11.1. The van der Waals surface area contributed by atoms with Crippen LogP contribution in [0.5, 0.6) is 0 Å². The van der Waals surface area contributed by atoms with Crippen molar-refractivity contribution in [3.05, 3.63) is 58.4 Å². The lowest BCUT2D eigenvalue weighted by Gasteiger charge is -2.23. The van der Waals surface area contributed by atoms with Crippen molar-refractivity contribution in [1.82, 2.24) is 14.8 Å². The number of likely N-dealkylation sites (N-methyl/N-ethyl adjacent to an activating group) is 1. The smallest absolute Gasteiger partial charge is 0.253 e. The van der Waals surface area contributed by atoms with Crippen LogP contribution in [-0.4, -0.2) is 36.0 Å². The molecular weight excluding hydrogens is 306 g/mol. The van der Waals surface area contributed by atoms with E-state index < -0.39 is 0 Å². The molecule has 2 aromatic heterocycles. The van der Waals surface area contributed by atoms with E-state index in [4.69, 9.17) is 0 Å². The molecule has 0 spiro atoms. The third kappa shape index (κ3) is 3.16. The Morgan fingerprint density at radius 3 is 2.78 bits per heavy atom. The van der Waals surface area contributed by atoms with E-state index in [-0.39, 0.29) is 11.9 Å². The maximum absolute atomic E-state index is 12.6. The number of fused-ring (bicyclic) bond motifs is 1. The fourth-order valence-corrected chi connectivity index (χ4v) is 3.58. The predicted molar refractivity (Wildman–Crippen MR) is 96.0 cm³/mol. The van der Waals surface area contributed by atoms with Crippen LogP contribution in [0.25, 0.3) is 10.9 Å². The first-order valence-electron chi connectivity index (χ1n) is 7.58. The number of para-hydroxylation sites is 1. The van der Waals surface area contributed by atoms with E-state index >= 15 is 0 Å². The first kappa shape index (κ1) is 15.8. The lowest BCUT2D eigenvalue weighted by Crippen LogP contribution is -2.34. The van der Waals surface area contributed by atoms with Gasteiger partial charge >= 0.3 is 0 Å². The molecule has 1 amide bonds. The zero-order chi connectivity index (χ0) is 16.4. The fraction of sp³-hybridized carbons (Fsp3) is 0.278. The highest BCUT2D eigenvalue weighted by atomic mass is 32.1. The van der Waals surface area contributed by atoms with Crippen LogP contribution in [0.1, 0.15) is 22.0 Å². The number of aromatic nitrogens is 1. The van der Waals surface area contributed by atoms with E-state index in [1.807, 2.05) is 56.2 Å². The molecular formula is C18H21N3OS. The average Bonchev–Trinajstić information content (AvgIpc) is 3.16. The molecule has 0 radical (unpaired) electrons. The Morgan fingerprint density at radius 2 is 2.09 bits per heavy atom. The number of carbonyl (C=O) groups is 1. The van der Waals surface area contributed by atoms with Gasteiger partial charge in [-0.25, -0.2) is 0 Å². The quantitative estimate of drug-likeness (QED) is 0.781. The standard InChI is InChI=1S/C18H21N3OS/c1-20(2)17(13-8-9-23-12-13)10-19-18(22)15-11-21(3)16-7-5-4-6-14(15)16/h4-9,11-12,17H,10H2,1-3H3,(H,19,22). The van der Waals surface area contributed by atoms with Crippen molar-refractivity contribution in [3.63, 3.8) is 0 Å². The van der Waals surface area contributed by atoms with Crippen molar-refractivity contribution in [2.75, 3.05) is 20.6 Å². The molecule has 0 aliphatic heterocycles. The van der Waals surface area contributed by atoms with Crippen LogP contribution in [-0.2, 0) is 7.05 Å². The highest BCUT2D eigenvalue weighted by Gasteiger charge is 2.18. The Labute approximate surface area is 140 Å². The summed E-state index contributed by atoms with van der Waals surface area (Å²) in [5, 5.41) is 8.28. The molecule has 5 heteroatoms. The fourth-order valence-electron chi connectivity index (χ4n) is 2.87. The summed E-state index contributed by atoms with van der Waals surface area (Å²) in [5.41, 5.74) is 3.03. The van der Waals surface area contributed by atoms with E-state index in [1.165, 1.54) is 5.56 Å².